The summed E-state index contributed by atoms with van der Waals surface area (Å²) in [6.45, 7) is 2.15. The van der Waals surface area contributed by atoms with Crippen molar-refractivity contribution < 1.29 is 5.11 Å². The van der Waals surface area contributed by atoms with Gasteiger partial charge in [-0.05, 0) is 6.92 Å². The molecule has 1 unspecified atom stereocenters. The van der Waals surface area contributed by atoms with Crippen LogP contribution in [0.3, 0.4) is 0 Å². The molecule has 0 fully saturated rings. The molecule has 7 heteroatoms. The first-order valence-electron chi connectivity index (χ1n) is 4.58. The highest BCUT2D eigenvalue weighted by Gasteiger charge is 2.08. The number of hydrogen-bond acceptors (Lipinski definition) is 5. The van der Waals surface area contributed by atoms with Crippen molar-refractivity contribution in [2.75, 3.05) is 0 Å². The Morgan fingerprint density at radius 2 is 2.27 bits per heavy atom. The minimum Gasteiger partial charge on any atom is -0.387 e. The molecule has 15 heavy (non-hydrogen) atoms. The topological polar surface area (TPSA) is 81.6 Å². The molecule has 0 bridgehead atoms. The lowest BCUT2D eigenvalue weighted by molar-refractivity contribution is 0.194. The molecular weight excluding hydrogens is 196 g/mol. The summed E-state index contributed by atoms with van der Waals surface area (Å²) in [6, 6.07) is 0. The molecule has 7 nitrogen and oxygen atoms in total. The highest BCUT2D eigenvalue weighted by molar-refractivity contribution is 4.97. The fraction of sp³-hybridized carbons (Fsp3) is 0.500. The largest absolute Gasteiger partial charge is 0.387 e. The van der Waals surface area contributed by atoms with Gasteiger partial charge in [0, 0.05) is 7.05 Å². The highest BCUT2D eigenvalue weighted by Crippen LogP contribution is 2.06. The Labute approximate surface area is 86.4 Å². The molecule has 0 aliphatic rings. The molecule has 1 N–H and O–H groups in total. The zero-order valence-electron chi connectivity index (χ0n) is 8.57. The first-order chi connectivity index (χ1) is 7.16. The van der Waals surface area contributed by atoms with Crippen LogP contribution in [-0.2, 0) is 13.6 Å². The number of aryl methyl sites for hydroxylation is 1. The van der Waals surface area contributed by atoms with Crippen molar-refractivity contribution in [1.82, 2.24) is 29.8 Å². The average Bonchev–Trinajstić information content (AvgIpc) is 2.77. The Morgan fingerprint density at radius 1 is 1.47 bits per heavy atom. The van der Waals surface area contributed by atoms with Gasteiger partial charge in [0.1, 0.15) is 18.6 Å². The standard InChI is InChI=1S/C8H12N6O/c1-6(15)7-3-14(12-10-7)4-8-11-9-5-13(8)2/h3,5-6,15H,4H2,1-2H3. The van der Waals surface area contributed by atoms with Crippen LogP contribution in [0.1, 0.15) is 24.5 Å². The van der Waals surface area contributed by atoms with Gasteiger partial charge in [-0.15, -0.1) is 15.3 Å². The third-order valence-electron chi connectivity index (χ3n) is 2.09. The molecule has 0 saturated heterocycles. The molecule has 1 atom stereocenters. The summed E-state index contributed by atoms with van der Waals surface area (Å²) in [6.07, 6.45) is 2.72. The van der Waals surface area contributed by atoms with Crippen molar-refractivity contribution in [3.05, 3.63) is 24.0 Å². The van der Waals surface area contributed by atoms with Gasteiger partial charge in [-0.2, -0.15) is 0 Å². The summed E-state index contributed by atoms with van der Waals surface area (Å²) in [7, 11) is 1.86. The van der Waals surface area contributed by atoms with Crippen LogP contribution in [0.15, 0.2) is 12.5 Å². The Bertz CT molecular complexity index is 445. The van der Waals surface area contributed by atoms with Gasteiger partial charge < -0.3 is 9.67 Å². The summed E-state index contributed by atoms with van der Waals surface area (Å²) in [5, 5.41) is 24.7. The maximum atomic E-state index is 9.27. The third kappa shape index (κ3) is 2.01. The maximum absolute atomic E-state index is 9.27. The van der Waals surface area contributed by atoms with Crippen LogP contribution in [0.5, 0.6) is 0 Å². The summed E-state index contributed by atoms with van der Waals surface area (Å²) >= 11 is 0. The SMILES string of the molecule is CC(O)c1cn(Cc2nncn2C)nn1. The number of aromatic nitrogens is 6. The van der Waals surface area contributed by atoms with Crippen molar-refractivity contribution in [2.45, 2.75) is 19.6 Å². The predicted molar refractivity (Wildman–Crippen MR) is 50.8 cm³/mol. The van der Waals surface area contributed by atoms with Crippen molar-refractivity contribution >= 4 is 0 Å². The molecule has 2 aromatic rings. The van der Waals surface area contributed by atoms with E-state index in [1.54, 1.807) is 24.1 Å². The van der Waals surface area contributed by atoms with Crippen LogP contribution in [0.4, 0.5) is 0 Å². The van der Waals surface area contributed by atoms with Gasteiger partial charge in [-0.3, -0.25) is 0 Å². The molecule has 2 heterocycles. The molecule has 2 aromatic heterocycles. The van der Waals surface area contributed by atoms with Crippen molar-refractivity contribution in [3.8, 4) is 0 Å². The van der Waals surface area contributed by atoms with E-state index in [0.29, 0.717) is 12.2 Å². The third-order valence-corrected chi connectivity index (χ3v) is 2.09. The zero-order valence-corrected chi connectivity index (χ0v) is 8.57. The first-order valence-corrected chi connectivity index (χ1v) is 4.58. The number of aliphatic hydroxyl groups excluding tert-OH is 1. The molecule has 2 rings (SSSR count). The lowest BCUT2D eigenvalue weighted by Gasteiger charge is -1.99. The quantitative estimate of drug-likeness (QED) is 0.736. The molecule has 0 aromatic carbocycles. The van der Waals surface area contributed by atoms with E-state index in [9.17, 15) is 5.11 Å². The first kappa shape index (κ1) is 9.78. The van der Waals surface area contributed by atoms with Gasteiger partial charge in [0.25, 0.3) is 0 Å². The Hall–Kier alpha value is -1.76. The number of aliphatic hydroxyl groups is 1. The lowest BCUT2D eigenvalue weighted by Crippen LogP contribution is -2.06. The van der Waals surface area contributed by atoms with E-state index in [1.165, 1.54) is 0 Å². The highest BCUT2D eigenvalue weighted by atomic mass is 16.3. The fourth-order valence-electron chi connectivity index (χ4n) is 1.18. The summed E-state index contributed by atoms with van der Waals surface area (Å²) in [5.41, 5.74) is 0.553. The van der Waals surface area contributed by atoms with Gasteiger partial charge in [0.05, 0.1) is 12.3 Å². The second-order valence-electron chi connectivity index (χ2n) is 3.38. The van der Waals surface area contributed by atoms with Crippen molar-refractivity contribution in [3.63, 3.8) is 0 Å². The van der Waals surface area contributed by atoms with Crippen LogP contribution in [0.25, 0.3) is 0 Å². The van der Waals surface area contributed by atoms with Crippen LogP contribution in [0.2, 0.25) is 0 Å². The number of nitrogens with zero attached hydrogens (tertiary/aromatic N) is 6. The van der Waals surface area contributed by atoms with Gasteiger partial charge in [-0.25, -0.2) is 4.68 Å². The van der Waals surface area contributed by atoms with Gasteiger partial charge in [0.2, 0.25) is 0 Å². The molecule has 80 valence electrons. The molecule has 0 amide bonds. The Kier molecular flexibility index (Phi) is 2.46. The molecule has 0 aliphatic carbocycles. The summed E-state index contributed by atoms with van der Waals surface area (Å²) in [5.74, 6) is 0.789. The van der Waals surface area contributed by atoms with Gasteiger partial charge >= 0.3 is 0 Å². The maximum Gasteiger partial charge on any atom is 0.154 e. The molecule has 0 saturated carbocycles. The summed E-state index contributed by atoms with van der Waals surface area (Å²) < 4.78 is 3.43. The lowest BCUT2D eigenvalue weighted by atomic mass is 10.3. The van der Waals surface area contributed by atoms with Crippen LogP contribution in [-0.4, -0.2) is 34.9 Å². The van der Waals surface area contributed by atoms with Crippen LogP contribution in [0, 0.1) is 0 Å². The minimum absolute atomic E-state index is 0.496. The monoisotopic (exact) mass is 208 g/mol. The molecular formula is C8H12N6O. The van der Waals surface area contributed by atoms with Crippen LogP contribution >= 0.6 is 0 Å². The Morgan fingerprint density at radius 3 is 2.80 bits per heavy atom. The van der Waals surface area contributed by atoms with Gasteiger partial charge in [-0.1, -0.05) is 5.21 Å². The minimum atomic E-state index is -0.599. The second-order valence-corrected chi connectivity index (χ2v) is 3.38. The van der Waals surface area contributed by atoms with E-state index in [2.05, 4.69) is 20.5 Å². The van der Waals surface area contributed by atoms with Gasteiger partial charge in [0.15, 0.2) is 5.82 Å². The smallest absolute Gasteiger partial charge is 0.154 e. The number of hydrogen-bond donors (Lipinski definition) is 1. The van der Waals surface area contributed by atoms with E-state index in [-0.39, 0.29) is 0 Å². The van der Waals surface area contributed by atoms with Crippen molar-refractivity contribution in [2.24, 2.45) is 7.05 Å². The van der Waals surface area contributed by atoms with E-state index in [1.807, 2.05) is 11.6 Å². The number of rotatable bonds is 3. The zero-order chi connectivity index (χ0) is 10.8. The van der Waals surface area contributed by atoms with E-state index in [4.69, 9.17) is 0 Å². The second kappa shape index (κ2) is 3.77. The van der Waals surface area contributed by atoms with E-state index < -0.39 is 6.10 Å². The molecule has 0 spiro atoms. The molecule has 0 aliphatic heterocycles. The Balaban J connectivity index is 2.15. The fourth-order valence-corrected chi connectivity index (χ4v) is 1.18. The van der Waals surface area contributed by atoms with Crippen molar-refractivity contribution in [1.29, 1.82) is 0 Å². The van der Waals surface area contributed by atoms with E-state index >= 15 is 0 Å². The van der Waals surface area contributed by atoms with Crippen LogP contribution < -0.4 is 0 Å². The molecule has 0 radical (unpaired) electrons. The van der Waals surface area contributed by atoms with E-state index in [0.717, 1.165) is 5.82 Å². The normalized spacial score (nSPS) is 13.0. The predicted octanol–water partition coefficient (Wildman–Crippen LogP) is -0.492. The summed E-state index contributed by atoms with van der Waals surface area (Å²) in [4.78, 5) is 0. The average molecular weight is 208 g/mol.